The highest BCUT2D eigenvalue weighted by Crippen LogP contribution is 2.21. The molecule has 0 saturated carbocycles. The van der Waals surface area contributed by atoms with E-state index in [-0.39, 0.29) is 17.0 Å². The lowest BCUT2D eigenvalue weighted by molar-refractivity contribution is -0.113. The van der Waals surface area contributed by atoms with Crippen molar-refractivity contribution in [3.63, 3.8) is 0 Å². The second kappa shape index (κ2) is 6.82. The molecule has 0 aliphatic carbocycles. The lowest BCUT2D eigenvalue weighted by Crippen LogP contribution is -2.16. The highest BCUT2D eigenvalue weighted by atomic mass is 79.9. The number of hydrogen-bond acceptors (Lipinski definition) is 3. The number of hydrogen-bond donors (Lipinski definition) is 1. The van der Waals surface area contributed by atoms with Crippen LogP contribution in [-0.4, -0.2) is 17.0 Å². The van der Waals surface area contributed by atoms with E-state index in [0.717, 1.165) is 0 Å². The summed E-state index contributed by atoms with van der Waals surface area (Å²) in [5, 5.41) is 11.8. The van der Waals surface area contributed by atoms with Gasteiger partial charge in [-0.15, -0.1) is 0 Å². The van der Waals surface area contributed by atoms with Crippen LogP contribution in [0.4, 0.5) is 5.69 Å². The lowest BCUT2D eigenvalue weighted by atomic mass is 9.99. The molecule has 5 heteroatoms. The highest BCUT2D eigenvalue weighted by molar-refractivity contribution is 9.09. The van der Waals surface area contributed by atoms with Crippen LogP contribution in [0.15, 0.2) is 48.5 Å². The first kappa shape index (κ1) is 14.9. The van der Waals surface area contributed by atoms with E-state index in [9.17, 15) is 9.59 Å². The average molecular weight is 343 g/mol. The number of carbonyl (C=O) groups excluding carboxylic acids is 2. The van der Waals surface area contributed by atoms with Crippen molar-refractivity contribution in [2.45, 2.75) is 0 Å². The summed E-state index contributed by atoms with van der Waals surface area (Å²) in [7, 11) is 0. The molecule has 0 saturated heterocycles. The molecule has 21 heavy (non-hydrogen) atoms. The zero-order chi connectivity index (χ0) is 15.2. The molecule has 0 fully saturated rings. The van der Waals surface area contributed by atoms with Gasteiger partial charge >= 0.3 is 0 Å². The van der Waals surface area contributed by atoms with Gasteiger partial charge in [0.15, 0.2) is 5.78 Å². The molecule has 0 radical (unpaired) electrons. The number of nitriles is 1. The number of amides is 1. The summed E-state index contributed by atoms with van der Waals surface area (Å²) in [5.41, 5.74) is 1.56. The van der Waals surface area contributed by atoms with E-state index in [2.05, 4.69) is 21.2 Å². The summed E-state index contributed by atoms with van der Waals surface area (Å²) in [4.78, 5) is 24.0. The Kier molecular flexibility index (Phi) is 4.85. The molecular weight excluding hydrogens is 332 g/mol. The highest BCUT2D eigenvalue weighted by Gasteiger charge is 2.15. The molecule has 0 heterocycles. The van der Waals surface area contributed by atoms with Gasteiger partial charge in [0.05, 0.1) is 22.7 Å². The largest absolute Gasteiger partial charge is 0.325 e. The molecule has 104 valence electrons. The molecule has 1 amide bonds. The van der Waals surface area contributed by atoms with Crippen LogP contribution in [0.2, 0.25) is 0 Å². The maximum absolute atomic E-state index is 12.5. The minimum atomic E-state index is -0.262. The van der Waals surface area contributed by atoms with Gasteiger partial charge in [-0.1, -0.05) is 46.3 Å². The number of anilines is 1. The van der Waals surface area contributed by atoms with Crippen LogP contribution >= 0.6 is 15.9 Å². The summed E-state index contributed by atoms with van der Waals surface area (Å²) < 4.78 is 0. The van der Waals surface area contributed by atoms with Crippen molar-refractivity contribution in [1.82, 2.24) is 0 Å². The molecule has 0 unspecified atom stereocenters. The van der Waals surface area contributed by atoms with Crippen molar-refractivity contribution >= 4 is 33.3 Å². The van der Waals surface area contributed by atoms with Gasteiger partial charge in [0.25, 0.3) is 0 Å². The molecule has 0 bridgehead atoms. The number of alkyl halides is 1. The van der Waals surface area contributed by atoms with Crippen LogP contribution in [-0.2, 0) is 4.79 Å². The molecule has 2 aromatic carbocycles. The summed E-state index contributed by atoms with van der Waals surface area (Å²) >= 11 is 3.06. The predicted octanol–water partition coefficient (Wildman–Crippen LogP) is 3.12. The third-order valence-electron chi connectivity index (χ3n) is 2.82. The molecule has 0 aromatic heterocycles. The van der Waals surface area contributed by atoms with Crippen molar-refractivity contribution < 1.29 is 9.59 Å². The first-order valence-electron chi connectivity index (χ1n) is 6.15. The lowest BCUT2D eigenvalue weighted by Gasteiger charge is -2.10. The quantitative estimate of drug-likeness (QED) is 0.685. The molecule has 0 atom stereocenters. The van der Waals surface area contributed by atoms with E-state index in [1.807, 2.05) is 12.1 Å². The van der Waals surface area contributed by atoms with Crippen LogP contribution in [0.5, 0.6) is 0 Å². The minimum absolute atomic E-state index is 0.131. The van der Waals surface area contributed by atoms with Crippen molar-refractivity contribution in [2.24, 2.45) is 0 Å². The van der Waals surface area contributed by atoms with Gasteiger partial charge in [-0.25, -0.2) is 0 Å². The predicted molar refractivity (Wildman–Crippen MR) is 83.5 cm³/mol. The molecule has 0 aliphatic heterocycles. The Hall–Kier alpha value is -2.45. The fourth-order valence-corrected chi connectivity index (χ4v) is 1.98. The van der Waals surface area contributed by atoms with Crippen molar-refractivity contribution in [3.8, 4) is 6.07 Å². The number of halogens is 1. The number of rotatable bonds is 4. The smallest absolute Gasteiger partial charge is 0.235 e. The van der Waals surface area contributed by atoms with Crippen LogP contribution < -0.4 is 5.32 Å². The standard InChI is InChI=1S/C16H11BrN2O2/c17-9-15(20)19-14-7-6-11(10-18)8-13(14)16(21)12-4-2-1-3-5-12/h1-8H,9H2,(H,19,20). The van der Waals surface area contributed by atoms with Gasteiger partial charge in [-0.05, 0) is 18.2 Å². The summed E-state index contributed by atoms with van der Waals surface area (Å²) in [6, 6.07) is 15.3. The fourth-order valence-electron chi connectivity index (χ4n) is 1.84. The second-order valence-electron chi connectivity index (χ2n) is 4.25. The first-order valence-corrected chi connectivity index (χ1v) is 7.27. The molecular formula is C16H11BrN2O2. The second-order valence-corrected chi connectivity index (χ2v) is 4.81. The maximum atomic E-state index is 12.5. The number of nitrogens with one attached hydrogen (secondary N) is 1. The van der Waals surface area contributed by atoms with E-state index >= 15 is 0 Å². The van der Waals surface area contributed by atoms with Crippen LogP contribution in [0.25, 0.3) is 0 Å². The Morgan fingerprint density at radius 1 is 1.14 bits per heavy atom. The Labute approximate surface area is 130 Å². The molecule has 0 aliphatic rings. The van der Waals surface area contributed by atoms with E-state index in [1.54, 1.807) is 36.4 Å². The number of benzene rings is 2. The molecule has 4 nitrogen and oxygen atoms in total. The fraction of sp³-hybridized carbons (Fsp3) is 0.0625. The van der Waals surface area contributed by atoms with Crippen LogP contribution in [0.1, 0.15) is 21.5 Å². The Balaban J connectivity index is 2.47. The topological polar surface area (TPSA) is 70.0 Å². The number of nitrogens with zero attached hydrogens (tertiary/aromatic N) is 1. The van der Waals surface area contributed by atoms with Crippen molar-refractivity contribution in [3.05, 3.63) is 65.2 Å². The van der Waals surface area contributed by atoms with E-state index < -0.39 is 0 Å². The van der Waals surface area contributed by atoms with E-state index in [0.29, 0.717) is 22.4 Å². The zero-order valence-corrected chi connectivity index (χ0v) is 12.6. The van der Waals surface area contributed by atoms with Gasteiger partial charge < -0.3 is 5.32 Å². The molecule has 1 N–H and O–H groups in total. The third kappa shape index (κ3) is 3.56. The van der Waals surface area contributed by atoms with E-state index in [4.69, 9.17) is 5.26 Å². The van der Waals surface area contributed by atoms with Gasteiger partial charge in [0, 0.05) is 11.1 Å². The van der Waals surface area contributed by atoms with Gasteiger partial charge in [-0.3, -0.25) is 9.59 Å². The minimum Gasteiger partial charge on any atom is -0.325 e. The van der Waals surface area contributed by atoms with Gasteiger partial charge in [-0.2, -0.15) is 5.26 Å². The Morgan fingerprint density at radius 3 is 2.48 bits per heavy atom. The molecule has 0 spiro atoms. The summed E-state index contributed by atoms with van der Waals surface area (Å²) in [6.45, 7) is 0. The third-order valence-corrected chi connectivity index (χ3v) is 3.33. The Morgan fingerprint density at radius 2 is 1.86 bits per heavy atom. The molecule has 2 aromatic rings. The van der Waals surface area contributed by atoms with Crippen LogP contribution in [0.3, 0.4) is 0 Å². The van der Waals surface area contributed by atoms with Crippen molar-refractivity contribution in [1.29, 1.82) is 5.26 Å². The number of ketones is 1. The van der Waals surface area contributed by atoms with E-state index in [1.165, 1.54) is 6.07 Å². The monoisotopic (exact) mass is 342 g/mol. The van der Waals surface area contributed by atoms with Crippen LogP contribution in [0, 0.1) is 11.3 Å². The van der Waals surface area contributed by atoms with Gasteiger partial charge in [0.2, 0.25) is 5.91 Å². The molecule has 2 rings (SSSR count). The van der Waals surface area contributed by atoms with Gasteiger partial charge in [0.1, 0.15) is 0 Å². The maximum Gasteiger partial charge on any atom is 0.235 e. The zero-order valence-electron chi connectivity index (χ0n) is 11.0. The SMILES string of the molecule is N#Cc1ccc(NC(=O)CBr)c(C(=O)c2ccccc2)c1. The summed E-state index contributed by atoms with van der Waals surface area (Å²) in [6.07, 6.45) is 0. The first-order chi connectivity index (χ1) is 10.2. The normalized spacial score (nSPS) is 9.71. The average Bonchev–Trinajstić information content (AvgIpc) is 2.55. The summed E-state index contributed by atoms with van der Waals surface area (Å²) in [5.74, 6) is -0.501. The Bertz CT molecular complexity index is 721. The van der Waals surface area contributed by atoms with Crippen molar-refractivity contribution in [2.75, 3.05) is 10.6 Å². The number of carbonyl (C=O) groups is 2.